The monoisotopic (exact) mass is 199 g/mol. The zero-order valence-electron chi connectivity index (χ0n) is 7.31. The maximum atomic E-state index is 11.5. The molecule has 13 heavy (non-hydrogen) atoms. The van der Waals surface area contributed by atoms with E-state index >= 15 is 0 Å². The topological polar surface area (TPSA) is 52.3 Å². The van der Waals surface area contributed by atoms with Crippen molar-refractivity contribution in [1.82, 2.24) is 0 Å². The molecule has 1 atom stereocenters. The zero-order valence-corrected chi connectivity index (χ0v) is 8.13. The molecule has 1 unspecified atom stereocenters. The lowest BCUT2D eigenvalue weighted by Crippen LogP contribution is -2.06. The molecule has 1 rings (SSSR count). The number of hydrogen-bond acceptors (Lipinski definition) is 3. The van der Waals surface area contributed by atoms with Crippen LogP contribution in [-0.4, -0.2) is 16.6 Å². The first-order chi connectivity index (χ1) is 6.34. The minimum Gasteiger partial charge on any atom is -0.305 e. The van der Waals surface area contributed by atoms with Crippen molar-refractivity contribution in [1.29, 1.82) is 0 Å². The highest BCUT2D eigenvalue weighted by Crippen LogP contribution is 2.06. The summed E-state index contributed by atoms with van der Waals surface area (Å²) in [5.74, 6) is 5.45. The van der Waals surface area contributed by atoms with Crippen molar-refractivity contribution in [3.05, 3.63) is 30.3 Å². The summed E-state index contributed by atoms with van der Waals surface area (Å²) in [4.78, 5) is 5.25. The third-order valence-electron chi connectivity index (χ3n) is 1.60. The largest absolute Gasteiger partial charge is 0.305 e. The lowest BCUT2D eigenvalue weighted by molar-refractivity contribution is 0.139. The summed E-state index contributed by atoms with van der Waals surface area (Å²) in [5, 5.41) is 0. The fourth-order valence-corrected chi connectivity index (χ4v) is 2.04. The minimum atomic E-state index is -0.920. The molecule has 0 aliphatic heterocycles. The van der Waals surface area contributed by atoms with Gasteiger partial charge in [-0.25, -0.2) is 5.90 Å². The van der Waals surface area contributed by atoms with E-state index in [4.69, 9.17) is 5.90 Å². The van der Waals surface area contributed by atoms with Crippen molar-refractivity contribution in [2.45, 2.75) is 11.3 Å². The first kappa shape index (κ1) is 10.4. The summed E-state index contributed by atoms with van der Waals surface area (Å²) < 4.78 is 11.5. The van der Waals surface area contributed by atoms with Crippen LogP contribution in [0.15, 0.2) is 35.2 Å². The molecule has 0 spiro atoms. The van der Waals surface area contributed by atoms with E-state index in [1.807, 2.05) is 30.3 Å². The van der Waals surface area contributed by atoms with Crippen LogP contribution in [-0.2, 0) is 15.6 Å². The van der Waals surface area contributed by atoms with Crippen LogP contribution in [0.1, 0.15) is 6.42 Å². The summed E-state index contributed by atoms with van der Waals surface area (Å²) in [6.45, 7) is 0.457. The molecule has 0 aromatic heterocycles. The van der Waals surface area contributed by atoms with Gasteiger partial charge in [0, 0.05) is 10.6 Å². The van der Waals surface area contributed by atoms with Gasteiger partial charge in [-0.1, -0.05) is 18.2 Å². The lowest BCUT2D eigenvalue weighted by Gasteiger charge is -2.00. The molecule has 0 amide bonds. The number of hydrogen-bond donors (Lipinski definition) is 1. The van der Waals surface area contributed by atoms with Gasteiger partial charge in [-0.05, 0) is 18.6 Å². The molecule has 0 aliphatic rings. The second-order valence-electron chi connectivity index (χ2n) is 2.59. The minimum absolute atomic E-state index is 0.457. The molecule has 2 N–H and O–H groups in total. The molecule has 0 saturated carbocycles. The molecule has 0 radical (unpaired) electrons. The maximum Gasteiger partial charge on any atom is 0.0688 e. The van der Waals surface area contributed by atoms with Gasteiger partial charge in [0.05, 0.1) is 17.4 Å². The second-order valence-corrected chi connectivity index (χ2v) is 4.16. The lowest BCUT2D eigenvalue weighted by atomic mass is 10.4. The third kappa shape index (κ3) is 3.67. The van der Waals surface area contributed by atoms with Crippen molar-refractivity contribution in [3.63, 3.8) is 0 Å². The van der Waals surface area contributed by atoms with Crippen LogP contribution in [0.3, 0.4) is 0 Å². The van der Waals surface area contributed by atoms with E-state index in [0.29, 0.717) is 12.4 Å². The van der Waals surface area contributed by atoms with Gasteiger partial charge < -0.3 is 4.84 Å². The molecule has 0 aliphatic carbocycles. The first-order valence-electron chi connectivity index (χ1n) is 4.09. The molecule has 0 bridgehead atoms. The van der Waals surface area contributed by atoms with Crippen LogP contribution < -0.4 is 5.90 Å². The molecular weight excluding hydrogens is 186 g/mol. The Balaban J connectivity index is 2.40. The SMILES string of the molecule is NOCCCS(=O)c1ccccc1. The van der Waals surface area contributed by atoms with Crippen molar-refractivity contribution in [3.8, 4) is 0 Å². The Hall–Kier alpha value is -0.710. The molecule has 1 aromatic carbocycles. The van der Waals surface area contributed by atoms with Gasteiger partial charge >= 0.3 is 0 Å². The molecule has 1 aromatic rings. The summed E-state index contributed by atoms with van der Waals surface area (Å²) in [6.07, 6.45) is 0.720. The molecule has 0 saturated heterocycles. The standard InChI is InChI=1S/C9H13NO2S/c10-12-7-4-8-13(11)9-5-2-1-3-6-9/h1-3,5-6H,4,7-8,10H2. The highest BCUT2D eigenvalue weighted by molar-refractivity contribution is 7.85. The zero-order chi connectivity index (χ0) is 9.52. The van der Waals surface area contributed by atoms with Crippen LogP contribution in [0.5, 0.6) is 0 Å². The quantitative estimate of drug-likeness (QED) is 0.570. The Morgan fingerprint density at radius 2 is 2.00 bits per heavy atom. The Morgan fingerprint density at radius 3 is 2.62 bits per heavy atom. The fourth-order valence-electron chi connectivity index (χ4n) is 0.963. The highest BCUT2D eigenvalue weighted by Gasteiger charge is 2.01. The molecule has 0 heterocycles. The Morgan fingerprint density at radius 1 is 1.31 bits per heavy atom. The van der Waals surface area contributed by atoms with Gasteiger partial charge in [0.1, 0.15) is 0 Å². The second kappa shape index (κ2) is 5.85. The third-order valence-corrected chi connectivity index (χ3v) is 3.06. The van der Waals surface area contributed by atoms with Crippen molar-refractivity contribution in [2.75, 3.05) is 12.4 Å². The smallest absolute Gasteiger partial charge is 0.0688 e. The van der Waals surface area contributed by atoms with E-state index in [1.54, 1.807) is 0 Å². The van der Waals surface area contributed by atoms with Crippen molar-refractivity contribution < 1.29 is 9.05 Å². The molecule has 72 valence electrons. The fraction of sp³-hybridized carbons (Fsp3) is 0.333. The summed E-state index contributed by atoms with van der Waals surface area (Å²) in [6, 6.07) is 9.39. The molecule has 4 heteroatoms. The van der Waals surface area contributed by atoms with E-state index < -0.39 is 10.8 Å². The molecule has 3 nitrogen and oxygen atoms in total. The van der Waals surface area contributed by atoms with Gasteiger partial charge in [-0.15, -0.1) is 0 Å². The van der Waals surface area contributed by atoms with Gasteiger partial charge in [0.2, 0.25) is 0 Å². The van der Waals surface area contributed by atoms with Gasteiger partial charge in [0.15, 0.2) is 0 Å². The Bertz CT molecular complexity index is 264. The number of nitrogens with two attached hydrogens (primary N) is 1. The number of rotatable bonds is 5. The Labute approximate surface area is 80.3 Å². The van der Waals surface area contributed by atoms with Crippen molar-refractivity contribution in [2.24, 2.45) is 5.90 Å². The molecular formula is C9H13NO2S. The predicted octanol–water partition coefficient (Wildman–Crippen LogP) is 1.07. The summed E-state index contributed by atoms with van der Waals surface area (Å²) in [5.41, 5.74) is 0. The van der Waals surface area contributed by atoms with Crippen LogP contribution in [0.25, 0.3) is 0 Å². The molecule has 0 fully saturated rings. The average Bonchev–Trinajstić information content (AvgIpc) is 2.19. The van der Waals surface area contributed by atoms with Crippen molar-refractivity contribution >= 4 is 10.8 Å². The van der Waals surface area contributed by atoms with Gasteiger partial charge in [0.25, 0.3) is 0 Å². The summed E-state index contributed by atoms with van der Waals surface area (Å²) in [7, 11) is -0.920. The predicted molar refractivity (Wildman–Crippen MR) is 52.5 cm³/mol. The van der Waals surface area contributed by atoms with Crippen LogP contribution in [0, 0.1) is 0 Å². The highest BCUT2D eigenvalue weighted by atomic mass is 32.2. The van der Waals surface area contributed by atoms with Gasteiger partial charge in [-0.2, -0.15) is 0 Å². The first-order valence-corrected chi connectivity index (χ1v) is 5.41. The van der Waals surface area contributed by atoms with E-state index in [0.717, 1.165) is 11.3 Å². The van der Waals surface area contributed by atoms with Crippen LogP contribution in [0.2, 0.25) is 0 Å². The van der Waals surface area contributed by atoms with E-state index in [9.17, 15) is 4.21 Å². The normalized spacial score (nSPS) is 12.7. The van der Waals surface area contributed by atoms with E-state index in [-0.39, 0.29) is 0 Å². The van der Waals surface area contributed by atoms with E-state index in [2.05, 4.69) is 4.84 Å². The van der Waals surface area contributed by atoms with Gasteiger partial charge in [-0.3, -0.25) is 4.21 Å². The van der Waals surface area contributed by atoms with Crippen LogP contribution >= 0.6 is 0 Å². The van der Waals surface area contributed by atoms with Crippen LogP contribution in [0.4, 0.5) is 0 Å². The van der Waals surface area contributed by atoms with E-state index in [1.165, 1.54) is 0 Å². The Kier molecular flexibility index (Phi) is 4.67. The number of benzene rings is 1. The summed E-state index contributed by atoms with van der Waals surface area (Å²) >= 11 is 0. The maximum absolute atomic E-state index is 11.5. The average molecular weight is 199 g/mol.